The van der Waals surface area contributed by atoms with Crippen LogP contribution in [0.2, 0.25) is 0 Å². The average Bonchev–Trinajstić information content (AvgIpc) is 2.88. The van der Waals surface area contributed by atoms with Crippen molar-refractivity contribution in [3.8, 4) is 0 Å². The molecular weight excluding hydrogens is 240 g/mol. The van der Waals surface area contributed by atoms with Gasteiger partial charge >= 0.3 is 0 Å². The number of aromatic amines is 1. The predicted octanol–water partition coefficient (Wildman–Crippen LogP) is -0.219. The first kappa shape index (κ1) is 11.2. The van der Waals surface area contributed by atoms with Gasteiger partial charge in [0.05, 0.1) is 12.5 Å². The van der Waals surface area contributed by atoms with Crippen molar-refractivity contribution in [3.05, 3.63) is 12.5 Å². The molecule has 3 rings (SSSR count). The van der Waals surface area contributed by atoms with Gasteiger partial charge in [-0.25, -0.2) is 13.4 Å². The van der Waals surface area contributed by atoms with Crippen molar-refractivity contribution < 1.29 is 8.42 Å². The van der Waals surface area contributed by atoms with Crippen molar-refractivity contribution in [1.29, 1.82) is 0 Å². The molecule has 0 radical (unpaired) electrons. The Hall–Kier alpha value is -0.920. The summed E-state index contributed by atoms with van der Waals surface area (Å²) < 4.78 is 26.6. The second-order valence-corrected chi connectivity index (χ2v) is 6.63. The first-order valence-electron chi connectivity index (χ1n) is 5.83. The molecule has 1 aromatic heterocycles. The molecule has 0 saturated carbocycles. The number of imidazole rings is 1. The van der Waals surface area contributed by atoms with Crippen LogP contribution in [0.25, 0.3) is 0 Å². The zero-order valence-electron chi connectivity index (χ0n) is 9.63. The molecule has 0 aliphatic carbocycles. The van der Waals surface area contributed by atoms with Crippen molar-refractivity contribution in [2.75, 3.05) is 13.1 Å². The standard InChI is InChI=1S/C10H16N4O2S/c1-7-2-8-3-11-4-9(8)14(7)17(15,16)10-5-12-6-13-10/h5-9,11H,2-4H2,1H3,(H,12,13). The summed E-state index contributed by atoms with van der Waals surface area (Å²) in [6.07, 6.45) is 3.71. The summed E-state index contributed by atoms with van der Waals surface area (Å²) >= 11 is 0. The maximum Gasteiger partial charge on any atom is 0.260 e. The first-order chi connectivity index (χ1) is 8.10. The molecule has 3 unspecified atom stereocenters. The molecule has 0 amide bonds. The Morgan fingerprint density at radius 2 is 2.29 bits per heavy atom. The van der Waals surface area contributed by atoms with Crippen LogP contribution in [0.15, 0.2) is 17.6 Å². The van der Waals surface area contributed by atoms with Crippen LogP contribution in [0.4, 0.5) is 0 Å². The van der Waals surface area contributed by atoms with Crippen molar-refractivity contribution in [2.45, 2.75) is 30.5 Å². The summed E-state index contributed by atoms with van der Waals surface area (Å²) in [4.78, 5) is 6.49. The number of H-pyrrole nitrogens is 1. The largest absolute Gasteiger partial charge is 0.335 e. The van der Waals surface area contributed by atoms with E-state index in [2.05, 4.69) is 15.3 Å². The molecule has 94 valence electrons. The van der Waals surface area contributed by atoms with E-state index in [4.69, 9.17) is 0 Å². The molecule has 0 bridgehead atoms. The number of hydrogen-bond acceptors (Lipinski definition) is 4. The summed E-state index contributed by atoms with van der Waals surface area (Å²) in [5.74, 6) is 0.447. The van der Waals surface area contributed by atoms with Gasteiger partial charge in [-0.15, -0.1) is 0 Å². The minimum atomic E-state index is -3.42. The third-order valence-electron chi connectivity index (χ3n) is 3.74. The molecular formula is C10H16N4O2S. The number of rotatable bonds is 2. The zero-order valence-corrected chi connectivity index (χ0v) is 10.4. The van der Waals surface area contributed by atoms with E-state index in [1.807, 2.05) is 6.92 Å². The highest BCUT2D eigenvalue weighted by Crippen LogP contribution is 2.36. The van der Waals surface area contributed by atoms with Crippen LogP contribution in [0.3, 0.4) is 0 Å². The normalized spacial score (nSPS) is 34.1. The van der Waals surface area contributed by atoms with Crippen LogP contribution in [-0.2, 0) is 10.0 Å². The smallest absolute Gasteiger partial charge is 0.260 e. The molecule has 3 heterocycles. The average molecular weight is 256 g/mol. The lowest BCUT2D eigenvalue weighted by atomic mass is 10.0. The predicted molar refractivity (Wildman–Crippen MR) is 61.8 cm³/mol. The Labute approximate surface area is 100 Å². The van der Waals surface area contributed by atoms with E-state index in [1.165, 1.54) is 12.5 Å². The third-order valence-corrected chi connectivity index (χ3v) is 5.70. The lowest BCUT2D eigenvalue weighted by Gasteiger charge is -2.25. The van der Waals surface area contributed by atoms with Gasteiger partial charge in [0.2, 0.25) is 0 Å². The van der Waals surface area contributed by atoms with Gasteiger partial charge in [0.25, 0.3) is 10.0 Å². The molecule has 2 saturated heterocycles. The zero-order chi connectivity index (χ0) is 12.0. The van der Waals surface area contributed by atoms with Gasteiger partial charge in [-0.3, -0.25) is 0 Å². The molecule has 2 aliphatic heterocycles. The van der Waals surface area contributed by atoms with Crippen molar-refractivity contribution in [2.24, 2.45) is 5.92 Å². The van der Waals surface area contributed by atoms with Gasteiger partial charge in [-0.2, -0.15) is 4.31 Å². The van der Waals surface area contributed by atoms with E-state index in [0.717, 1.165) is 19.5 Å². The minimum Gasteiger partial charge on any atom is -0.335 e. The molecule has 2 fully saturated rings. The third kappa shape index (κ3) is 1.61. The van der Waals surface area contributed by atoms with Crippen LogP contribution in [-0.4, -0.2) is 47.9 Å². The second kappa shape index (κ2) is 3.79. The number of nitrogens with zero attached hydrogens (tertiary/aromatic N) is 2. The van der Waals surface area contributed by atoms with E-state index in [-0.39, 0.29) is 17.1 Å². The fraction of sp³-hybridized carbons (Fsp3) is 0.700. The second-order valence-electron chi connectivity index (χ2n) is 4.82. The number of aromatic nitrogens is 2. The summed E-state index contributed by atoms with van der Waals surface area (Å²) in [5.41, 5.74) is 0. The molecule has 1 aromatic rings. The number of fused-ring (bicyclic) bond motifs is 1. The van der Waals surface area contributed by atoms with Crippen LogP contribution < -0.4 is 5.32 Å². The van der Waals surface area contributed by atoms with Crippen LogP contribution in [0.5, 0.6) is 0 Å². The van der Waals surface area contributed by atoms with Gasteiger partial charge in [0.15, 0.2) is 5.03 Å². The Kier molecular flexibility index (Phi) is 2.49. The molecule has 2 aliphatic rings. The minimum absolute atomic E-state index is 0.0698. The summed E-state index contributed by atoms with van der Waals surface area (Å²) in [6, 6.07) is 0.165. The van der Waals surface area contributed by atoms with E-state index in [9.17, 15) is 8.42 Å². The molecule has 17 heavy (non-hydrogen) atoms. The monoisotopic (exact) mass is 256 g/mol. The maximum atomic E-state index is 12.5. The Bertz CT molecular complexity index is 498. The topological polar surface area (TPSA) is 78.1 Å². The Morgan fingerprint density at radius 3 is 3.00 bits per heavy atom. The fourth-order valence-corrected chi connectivity index (χ4v) is 4.83. The van der Waals surface area contributed by atoms with Gasteiger partial charge < -0.3 is 10.3 Å². The quantitative estimate of drug-likeness (QED) is 0.767. The number of sulfonamides is 1. The Morgan fingerprint density at radius 1 is 1.47 bits per heavy atom. The van der Waals surface area contributed by atoms with E-state index in [0.29, 0.717) is 5.92 Å². The molecule has 3 atom stereocenters. The highest BCUT2D eigenvalue weighted by atomic mass is 32.2. The van der Waals surface area contributed by atoms with Crippen molar-refractivity contribution in [3.63, 3.8) is 0 Å². The van der Waals surface area contributed by atoms with E-state index < -0.39 is 10.0 Å². The molecule has 6 nitrogen and oxygen atoms in total. The molecule has 7 heteroatoms. The van der Waals surface area contributed by atoms with Gasteiger partial charge in [-0.1, -0.05) is 0 Å². The lowest BCUT2D eigenvalue weighted by Crippen LogP contribution is -2.42. The highest BCUT2D eigenvalue weighted by molar-refractivity contribution is 7.89. The SMILES string of the molecule is CC1CC2CNCC2N1S(=O)(=O)c1cnc[nH]1. The molecule has 2 N–H and O–H groups in total. The van der Waals surface area contributed by atoms with Gasteiger partial charge in [0.1, 0.15) is 0 Å². The van der Waals surface area contributed by atoms with Crippen molar-refractivity contribution >= 4 is 10.0 Å². The van der Waals surface area contributed by atoms with Crippen LogP contribution in [0.1, 0.15) is 13.3 Å². The number of hydrogen-bond donors (Lipinski definition) is 2. The van der Waals surface area contributed by atoms with Gasteiger partial charge in [-0.05, 0) is 25.8 Å². The summed E-state index contributed by atoms with van der Waals surface area (Å²) in [7, 11) is -3.42. The number of nitrogens with one attached hydrogen (secondary N) is 2. The summed E-state index contributed by atoms with van der Waals surface area (Å²) in [5, 5.41) is 3.45. The molecule has 0 aromatic carbocycles. The van der Waals surface area contributed by atoms with Crippen LogP contribution in [0, 0.1) is 5.92 Å². The first-order valence-corrected chi connectivity index (χ1v) is 7.27. The Balaban J connectivity index is 1.98. The van der Waals surface area contributed by atoms with Gasteiger partial charge in [0, 0.05) is 18.6 Å². The van der Waals surface area contributed by atoms with Crippen LogP contribution >= 0.6 is 0 Å². The lowest BCUT2D eigenvalue weighted by molar-refractivity contribution is 0.334. The van der Waals surface area contributed by atoms with E-state index >= 15 is 0 Å². The summed E-state index contributed by atoms with van der Waals surface area (Å²) in [6.45, 7) is 3.65. The molecule has 0 spiro atoms. The maximum absolute atomic E-state index is 12.5. The fourth-order valence-electron chi connectivity index (χ4n) is 3.04. The highest BCUT2D eigenvalue weighted by Gasteiger charge is 2.48. The van der Waals surface area contributed by atoms with E-state index in [1.54, 1.807) is 4.31 Å². The van der Waals surface area contributed by atoms with Crippen molar-refractivity contribution in [1.82, 2.24) is 19.6 Å².